The van der Waals surface area contributed by atoms with Gasteiger partial charge in [0.25, 0.3) is 0 Å². The smallest absolute Gasteiger partial charge is 0.416 e. The minimum absolute atomic E-state index is 0.0926. The quantitative estimate of drug-likeness (QED) is 0.772. The van der Waals surface area contributed by atoms with Crippen LogP contribution in [-0.4, -0.2) is 66.2 Å². The Labute approximate surface area is 116 Å². The molecule has 3 fully saturated rings. The van der Waals surface area contributed by atoms with Crippen LogP contribution in [0.1, 0.15) is 25.7 Å². The molecule has 1 N–H and O–H groups in total. The third-order valence-corrected chi connectivity index (χ3v) is 4.02. The van der Waals surface area contributed by atoms with E-state index in [1.54, 1.807) is 0 Å². The Hall–Kier alpha value is -1.18. The molecule has 20 heavy (non-hydrogen) atoms. The van der Waals surface area contributed by atoms with E-state index in [9.17, 15) is 14.7 Å². The van der Waals surface area contributed by atoms with Gasteiger partial charge < -0.3 is 19.3 Å². The van der Waals surface area contributed by atoms with E-state index in [1.807, 2.05) is 0 Å². The summed E-state index contributed by atoms with van der Waals surface area (Å²) >= 11 is 0. The summed E-state index contributed by atoms with van der Waals surface area (Å²) in [5.74, 6) is -0.306. The van der Waals surface area contributed by atoms with Gasteiger partial charge in [-0.2, -0.15) is 0 Å². The summed E-state index contributed by atoms with van der Waals surface area (Å²) in [4.78, 5) is 24.4. The van der Waals surface area contributed by atoms with E-state index in [0.717, 1.165) is 17.7 Å². The van der Waals surface area contributed by atoms with Gasteiger partial charge in [-0.1, -0.05) is 0 Å². The molecule has 3 saturated heterocycles. The van der Waals surface area contributed by atoms with Gasteiger partial charge in [0, 0.05) is 13.0 Å². The minimum atomic E-state index is -0.614. The number of ether oxygens (including phenoxy) is 3. The highest BCUT2D eigenvalue weighted by Gasteiger charge is 2.41. The largest absolute Gasteiger partial charge is 0.447 e. The number of imide groups is 1. The van der Waals surface area contributed by atoms with Crippen LogP contribution in [0.5, 0.6) is 0 Å². The Morgan fingerprint density at radius 2 is 2.25 bits per heavy atom. The highest BCUT2D eigenvalue weighted by Crippen LogP contribution is 2.30. The summed E-state index contributed by atoms with van der Waals surface area (Å²) in [7, 11) is 0. The van der Waals surface area contributed by atoms with E-state index in [-0.39, 0.29) is 37.2 Å². The van der Waals surface area contributed by atoms with Crippen LogP contribution in [0.2, 0.25) is 0 Å². The first-order chi connectivity index (χ1) is 9.65. The van der Waals surface area contributed by atoms with E-state index < -0.39 is 12.2 Å². The fraction of sp³-hybridized carbons (Fsp3) is 0.846. The Bertz CT molecular complexity index is 400. The predicted molar refractivity (Wildman–Crippen MR) is 65.9 cm³/mol. The van der Waals surface area contributed by atoms with Gasteiger partial charge in [-0.25, -0.2) is 9.69 Å². The number of fused-ring (bicyclic) bond motifs is 1. The first-order valence-corrected chi connectivity index (χ1v) is 7.07. The summed E-state index contributed by atoms with van der Waals surface area (Å²) in [5.41, 5.74) is 0. The fourth-order valence-corrected chi connectivity index (χ4v) is 3.04. The molecule has 3 heterocycles. The second-order valence-electron chi connectivity index (χ2n) is 5.44. The van der Waals surface area contributed by atoms with Crippen LogP contribution in [-0.2, 0) is 19.0 Å². The van der Waals surface area contributed by atoms with Crippen molar-refractivity contribution >= 4 is 12.0 Å². The minimum Gasteiger partial charge on any atom is -0.447 e. The number of aliphatic hydroxyl groups excluding tert-OH is 1. The van der Waals surface area contributed by atoms with Crippen molar-refractivity contribution in [2.75, 3.05) is 19.8 Å². The maximum Gasteiger partial charge on any atom is 0.416 e. The van der Waals surface area contributed by atoms with Crippen LogP contribution in [0.25, 0.3) is 0 Å². The van der Waals surface area contributed by atoms with Gasteiger partial charge in [0.2, 0.25) is 5.91 Å². The Balaban J connectivity index is 1.58. The number of nitrogens with zero attached hydrogens (tertiary/aromatic N) is 1. The summed E-state index contributed by atoms with van der Waals surface area (Å²) in [6.45, 7) is 1.18. The van der Waals surface area contributed by atoms with Crippen molar-refractivity contribution in [2.45, 2.75) is 50.1 Å². The van der Waals surface area contributed by atoms with Gasteiger partial charge in [-0.3, -0.25) is 4.79 Å². The van der Waals surface area contributed by atoms with Gasteiger partial charge in [0.1, 0.15) is 12.7 Å². The fourth-order valence-electron chi connectivity index (χ4n) is 3.04. The van der Waals surface area contributed by atoms with Gasteiger partial charge in [0.05, 0.1) is 31.3 Å². The van der Waals surface area contributed by atoms with Gasteiger partial charge >= 0.3 is 6.09 Å². The third kappa shape index (κ3) is 2.65. The molecule has 2 amide bonds. The highest BCUT2D eigenvalue weighted by molar-refractivity contribution is 5.93. The van der Waals surface area contributed by atoms with Gasteiger partial charge in [0.15, 0.2) is 0 Å². The summed E-state index contributed by atoms with van der Waals surface area (Å²) < 4.78 is 16.1. The lowest BCUT2D eigenvalue weighted by molar-refractivity contribution is -0.208. The molecule has 7 nitrogen and oxygen atoms in total. The first-order valence-electron chi connectivity index (χ1n) is 7.07. The molecule has 0 bridgehead atoms. The molecular weight excluding hydrogens is 266 g/mol. The van der Waals surface area contributed by atoms with Crippen molar-refractivity contribution in [3.05, 3.63) is 0 Å². The second-order valence-corrected chi connectivity index (χ2v) is 5.44. The molecule has 3 aliphatic heterocycles. The monoisotopic (exact) mass is 285 g/mol. The number of amides is 2. The molecule has 3 aliphatic rings. The number of rotatable bonds is 2. The van der Waals surface area contributed by atoms with E-state index in [4.69, 9.17) is 14.2 Å². The Morgan fingerprint density at radius 3 is 3.00 bits per heavy atom. The Morgan fingerprint density at radius 1 is 1.40 bits per heavy atom. The molecule has 0 aromatic carbocycles. The van der Waals surface area contributed by atoms with Crippen LogP contribution in [0, 0.1) is 0 Å². The van der Waals surface area contributed by atoms with E-state index in [0.29, 0.717) is 19.6 Å². The maximum atomic E-state index is 12.0. The summed E-state index contributed by atoms with van der Waals surface area (Å²) in [5, 5.41) is 10.1. The molecule has 7 heteroatoms. The van der Waals surface area contributed by atoms with Crippen molar-refractivity contribution in [3.63, 3.8) is 0 Å². The predicted octanol–water partition coefficient (Wildman–Crippen LogP) is 0.0527. The lowest BCUT2D eigenvalue weighted by Crippen LogP contribution is -2.52. The zero-order valence-electron chi connectivity index (χ0n) is 11.2. The van der Waals surface area contributed by atoms with E-state index >= 15 is 0 Å². The molecule has 0 aromatic rings. The molecule has 3 rings (SSSR count). The maximum absolute atomic E-state index is 12.0. The van der Waals surface area contributed by atoms with Crippen molar-refractivity contribution in [3.8, 4) is 0 Å². The van der Waals surface area contributed by atoms with Gasteiger partial charge in [-0.15, -0.1) is 0 Å². The first kappa shape index (κ1) is 13.8. The third-order valence-electron chi connectivity index (χ3n) is 4.02. The van der Waals surface area contributed by atoms with Crippen LogP contribution >= 0.6 is 0 Å². The molecular formula is C13H19NO6. The number of hydrogen-bond acceptors (Lipinski definition) is 6. The number of carbonyl (C=O) groups excluding carboxylic acids is 2. The van der Waals surface area contributed by atoms with Crippen LogP contribution < -0.4 is 0 Å². The molecule has 0 saturated carbocycles. The molecule has 0 unspecified atom stereocenters. The molecule has 112 valence electrons. The van der Waals surface area contributed by atoms with Crippen LogP contribution in [0.15, 0.2) is 0 Å². The highest BCUT2D eigenvalue weighted by atomic mass is 16.6. The molecule has 0 radical (unpaired) electrons. The van der Waals surface area contributed by atoms with Crippen molar-refractivity contribution in [1.82, 2.24) is 4.90 Å². The zero-order valence-corrected chi connectivity index (χ0v) is 11.2. The number of aliphatic hydroxyl groups is 1. The SMILES string of the molecule is O=C(C[C@H]1C[C@@H](O)[C@@H]2OCCC[C@H]2O1)N1CCOC1=O. The Kier molecular flexibility index (Phi) is 3.91. The lowest BCUT2D eigenvalue weighted by atomic mass is 9.92. The molecule has 0 aromatic heterocycles. The summed E-state index contributed by atoms with van der Waals surface area (Å²) in [6.07, 6.45) is 0.162. The number of hydrogen-bond donors (Lipinski definition) is 1. The number of carbonyl (C=O) groups is 2. The van der Waals surface area contributed by atoms with Crippen LogP contribution in [0.3, 0.4) is 0 Å². The molecule has 0 aliphatic carbocycles. The number of cyclic esters (lactones) is 1. The van der Waals surface area contributed by atoms with E-state index in [2.05, 4.69) is 0 Å². The summed E-state index contributed by atoms with van der Waals surface area (Å²) in [6, 6.07) is 0. The van der Waals surface area contributed by atoms with Crippen molar-refractivity contribution < 1.29 is 28.9 Å². The lowest BCUT2D eigenvalue weighted by Gasteiger charge is -2.42. The normalized spacial score (nSPS) is 37.5. The van der Waals surface area contributed by atoms with Crippen LogP contribution in [0.4, 0.5) is 4.79 Å². The standard InChI is InChI=1S/C13H19NO6/c15-9-6-8(20-10-2-1-4-18-12(9)10)7-11(16)14-3-5-19-13(14)17/h8-10,12,15H,1-7H2/t8-,9-,10-,12+/m1/s1. The molecule has 4 atom stereocenters. The average Bonchev–Trinajstić information content (AvgIpc) is 2.85. The van der Waals surface area contributed by atoms with Crippen molar-refractivity contribution in [2.24, 2.45) is 0 Å². The average molecular weight is 285 g/mol. The molecule has 0 spiro atoms. The zero-order chi connectivity index (χ0) is 14.1. The second kappa shape index (κ2) is 5.67. The topological polar surface area (TPSA) is 85.3 Å². The van der Waals surface area contributed by atoms with E-state index in [1.165, 1.54) is 0 Å². The van der Waals surface area contributed by atoms with Gasteiger partial charge in [-0.05, 0) is 12.8 Å². The van der Waals surface area contributed by atoms with Crippen molar-refractivity contribution in [1.29, 1.82) is 0 Å².